The van der Waals surface area contributed by atoms with Gasteiger partial charge in [-0.25, -0.2) is 0 Å². The molecule has 0 aromatic carbocycles. The Morgan fingerprint density at radius 2 is 1.82 bits per heavy atom. The topological polar surface area (TPSA) is 3.24 Å². The molecule has 2 heteroatoms. The second-order valence-corrected chi connectivity index (χ2v) is 4.30. The van der Waals surface area contributed by atoms with Crippen LogP contribution < -0.4 is 0 Å². The Balaban J connectivity index is 3.55. The molecule has 0 saturated heterocycles. The van der Waals surface area contributed by atoms with Crippen molar-refractivity contribution in [2.24, 2.45) is 5.92 Å². The molecule has 1 unspecified atom stereocenters. The van der Waals surface area contributed by atoms with E-state index in [2.05, 4.69) is 48.6 Å². The minimum atomic E-state index is 0.703. The van der Waals surface area contributed by atoms with Gasteiger partial charge in [0, 0.05) is 11.4 Å². The average molecular weight is 222 g/mol. The lowest BCUT2D eigenvalue weighted by atomic mass is 10.1. The van der Waals surface area contributed by atoms with E-state index in [1.54, 1.807) is 0 Å². The quantitative estimate of drug-likeness (QED) is 0.646. The van der Waals surface area contributed by atoms with Gasteiger partial charge in [0.25, 0.3) is 0 Å². The van der Waals surface area contributed by atoms with Crippen LogP contribution >= 0.6 is 15.9 Å². The summed E-state index contributed by atoms with van der Waals surface area (Å²) in [6.45, 7) is 8.04. The number of alkyl halides is 1. The zero-order chi connectivity index (χ0) is 8.85. The van der Waals surface area contributed by atoms with Gasteiger partial charge in [0.05, 0.1) is 0 Å². The SMILES string of the molecule is CC(C)C(C)N(C)CCCBr. The van der Waals surface area contributed by atoms with Crippen LogP contribution in [0.3, 0.4) is 0 Å². The van der Waals surface area contributed by atoms with Gasteiger partial charge in [0.1, 0.15) is 0 Å². The van der Waals surface area contributed by atoms with E-state index in [1.165, 1.54) is 13.0 Å². The van der Waals surface area contributed by atoms with E-state index in [-0.39, 0.29) is 0 Å². The molecule has 0 fully saturated rings. The molecule has 0 N–H and O–H groups in total. The minimum absolute atomic E-state index is 0.703. The lowest BCUT2D eigenvalue weighted by Crippen LogP contribution is -2.34. The van der Waals surface area contributed by atoms with Crippen molar-refractivity contribution >= 4 is 15.9 Å². The maximum atomic E-state index is 3.44. The molecule has 0 radical (unpaired) electrons. The van der Waals surface area contributed by atoms with Crippen molar-refractivity contribution in [2.75, 3.05) is 18.9 Å². The van der Waals surface area contributed by atoms with E-state index in [4.69, 9.17) is 0 Å². The third-order valence-corrected chi connectivity index (χ3v) is 2.87. The Labute approximate surface area is 79.3 Å². The summed E-state index contributed by atoms with van der Waals surface area (Å²) in [6.07, 6.45) is 1.24. The zero-order valence-corrected chi connectivity index (χ0v) is 9.69. The molecule has 1 atom stereocenters. The Morgan fingerprint density at radius 3 is 2.18 bits per heavy atom. The van der Waals surface area contributed by atoms with Crippen molar-refractivity contribution in [3.05, 3.63) is 0 Å². The van der Waals surface area contributed by atoms with Crippen molar-refractivity contribution in [1.82, 2.24) is 4.90 Å². The van der Waals surface area contributed by atoms with E-state index in [0.717, 1.165) is 11.2 Å². The maximum Gasteiger partial charge on any atom is 0.00868 e. The molecule has 0 aliphatic carbocycles. The molecular weight excluding hydrogens is 202 g/mol. The summed E-state index contributed by atoms with van der Waals surface area (Å²) in [5.74, 6) is 0.760. The second-order valence-electron chi connectivity index (χ2n) is 3.51. The number of nitrogens with zero attached hydrogens (tertiary/aromatic N) is 1. The molecule has 0 saturated carbocycles. The number of halogens is 1. The van der Waals surface area contributed by atoms with E-state index in [1.807, 2.05) is 0 Å². The van der Waals surface area contributed by atoms with Crippen molar-refractivity contribution < 1.29 is 0 Å². The van der Waals surface area contributed by atoms with Crippen molar-refractivity contribution in [2.45, 2.75) is 33.2 Å². The van der Waals surface area contributed by atoms with Gasteiger partial charge in [-0.2, -0.15) is 0 Å². The van der Waals surface area contributed by atoms with Crippen LogP contribution in [-0.4, -0.2) is 29.9 Å². The fourth-order valence-electron chi connectivity index (χ4n) is 1.02. The highest BCUT2D eigenvalue weighted by atomic mass is 79.9. The predicted molar refractivity (Wildman–Crippen MR) is 55.3 cm³/mol. The average Bonchev–Trinajstić information content (AvgIpc) is 1.98. The number of hydrogen-bond acceptors (Lipinski definition) is 1. The molecule has 0 rings (SSSR count). The summed E-state index contributed by atoms with van der Waals surface area (Å²) >= 11 is 3.44. The first-order chi connectivity index (χ1) is 5.09. The number of hydrogen-bond donors (Lipinski definition) is 0. The molecule has 0 heterocycles. The smallest absolute Gasteiger partial charge is 0.00868 e. The Hall–Kier alpha value is 0.440. The molecule has 0 spiro atoms. The van der Waals surface area contributed by atoms with Crippen LogP contribution in [0.1, 0.15) is 27.2 Å². The summed E-state index contributed by atoms with van der Waals surface area (Å²) in [5.41, 5.74) is 0. The van der Waals surface area contributed by atoms with Gasteiger partial charge < -0.3 is 4.90 Å². The maximum absolute atomic E-state index is 3.44. The fourth-order valence-corrected chi connectivity index (χ4v) is 1.27. The highest BCUT2D eigenvalue weighted by Crippen LogP contribution is 2.08. The summed E-state index contributed by atoms with van der Waals surface area (Å²) in [5, 5.41) is 1.11. The lowest BCUT2D eigenvalue weighted by molar-refractivity contribution is 0.209. The zero-order valence-electron chi connectivity index (χ0n) is 8.10. The van der Waals surface area contributed by atoms with Crippen molar-refractivity contribution in [3.63, 3.8) is 0 Å². The molecule has 0 aromatic rings. The highest BCUT2D eigenvalue weighted by Gasteiger charge is 2.11. The fraction of sp³-hybridized carbons (Fsp3) is 1.00. The monoisotopic (exact) mass is 221 g/mol. The molecule has 68 valence electrons. The molecular formula is C9H20BrN. The largest absolute Gasteiger partial charge is 0.303 e. The summed E-state index contributed by atoms with van der Waals surface area (Å²) in [7, 11) is 2.20. The summed E-state index contributed by atoms with van der Waals surface area (Å²) in [6, 6.07) is 0.703. The molecule has 0 aliphatic heterocycles. The number of rotatable bonds is 5. The molecule has 1 nitrogen and oxygen atoms in total. The molecule has 0 aliphatic rings. The standard InChI is InChI=1S/C9H20BrN/c1-8(2)9(3)11(4)7-5-6-10/h8-9H,5-7H2,1-4H3. The second kappa shape index (κ2) is 6.01. The van der Waals surface area contributed by atoms with E-state index < -0.39 is 0 Å². The Bertz CT molecular complexity index is 93.6. The van der Waals surface area contributed by atoms with Crippen molar-refractivity contribution in [1.29, 1.82) is 0 Å². The summed E-state index contributed by atoms with van der Waals surface area (Å²) < 4.78 is 0. The van der Waals surface area contributed by atoms with Crippen LogP contribution in [0.2, 0.25) is 0 Å². The molecule has 0 amide bonds. The molecule has 0 aromatic heterocycles. The highest BCUT2D eigenvalue weighted by molar-refractivity contribution is 9.09. The molecule has 11 heavy (non-hydrogen) atoms. The third kappa shape index (κ3) is 4.81. The van der Waals surface area contributed by atoms with Crippen LogP contribution in [0, 0.1) is 5.92 Å². The van der Waals surface area contributed by atoms with Crippen LogP contribution in [-0.2, 0) is 0 Å². The van der Waals surface area contributed by atoms with Gasteiger partial charge in [-0.1, -0.05) is 29.8 Å². The first-order valence-electron chi connectivity index (χ1n) is 4.35. The van der Waals surface area contributed by atoms with Gasteiger partial charge in [-0.05, 0) is 32.9 Å². The Kier molecular flexibility index (Phi) is 6.25. The van der Waals surface area contributed by atoms with Gasteiger partial charge >= 0.3 is 0 Å². The van der Waals surface area contributed by atoms with Gasteiger partial charge in [-0.15, -0.1) is 0 Å². The van der Waals surface area contributed by atoms with E-state index >= 15 is 0 Å². The van der Waals surface area contributed by atoms with Crippen LogP contribution in [0.25, 0.3) is 0 Å². The van der Waals surface area contributed by atoms with Crippen molar-refractivity contribution in [3.8, 4) is 0 Å². The van der Waals surface area contributed by atoms with Crippen LogP contribution in [0.4, 0.5) is 0 Å². The Morgan fingerprint density at radius 1 is 1.27 bits per heavy atom. The van der Waals surface area contributed by atoms with E-state index in [0.29, 0.717) is 6.04 Å². The van der Waals surface area contributed by atoms with Crippen LogP contribution in [0.15, 0.2) is 0 Å². The summed E-state index contributed by atoms with van der Waals surface area (Å²) in [4.78, 5) is 2.42. The van der Waals surface area contributed by atoms with Gasteiger partial charge in [0.15, 0.2) is 0 Å². The van der Waals surface area contributed by atoms with E-state index in [9.17, 15) is 0 Å². The van der Waals surface area contributed by atoms with Gasteiger partial charge in [0.2, 0.25) is 0 Å². The first-order valence-corrected chi connectivity index (χ1v) is 5.48. The minimum Gasteiger partial charge on any atom is -0.303 e. The van der Waals surface area contributed by atoms with Gasteiger partial charge in [-0.3, -0.25) is 0 Å². The predicted octanol–water partition coefficient (Wildman–Crippen LogP) is 2.75. The molecule has 0 bridgehead atoms. The third-order valence-electron chi connectivity index (χ3n) is 2.30. The normalized spacial score (nSPS) is 14.5. The first kappa shape index (κ1) is 11.4. The lowest BCUT2D eigenvalue weighted by Gasteiger charge is -2.27. The van der Waals surface area contributed by atoms with Crippen LogP contribution in [0.5, 0.6) is 0 Å².